The fraction of sp³-hybridized carbons (Fsp3) is 0.600. The molecule has 1 aromatic rings. The van der Waals surface area contributed by atoms with E-state index >= 15 is 0 Å². The molecule has 28 heavy (non-hydrogen) atoms. The van der Waals surface area contributed by atoms with Crippen LogP contribution in [0.3, 0.4) is 0 Å². The van der Waals surface area contributed by atoms with Gasteiger partial charge in [-0.1, -0.05) is 19.1 Å². The molecular formula is C20H35IN4O3. The summed E-state index contributed by atoms with van der Waals surface area (Å²) in [5.41, 5.74) is 2.19. The second kappa shape index (κ2) is 16.4. The largest absolute Gasteiger partial charge is 0.491 e. The van der Waals surface area contributed by atoms with Crippen molar-refractivity contribution in [2.45, 2.75) is 40.2 Å². The van der Waals surface area contributed by atoms with Crippen LogP contribution in [-0.2, 0) is 16.1 Å². The highest BCUT2D eigenvalue weighted by Gasteiger charge is 2.07. The molecule has 160 valence electrons. The van der Waals surface area contributed by atoms with Gasteiger partial charge in [-0.25, -0.2) is 0 Å². The summed E-state index contributed by atoms with van der Waals surface area (Å²) in [6, 6.07) is 6.13. The first-order chi connectivity index (χ1) is 13.1. The zero-order chi connectivity index (χ0) is 19.9. The highest BCUT2D eigenvalue weighted by molar-refractivity contribution is 14.0. The van der Waals surface area contributed by atoms with Crippen molar-refractivity contribution in [1.82, 2.24) is 16.0 Å². The van der Waals surface area contributed by atoms with Gasteiger partial charge < -0.3 is 25.4 Å². The van der Waals surface area contributed by atoms with Crippen LogP contribution in [0.15, 0.2) is 23.2 Å². The Hall–Kier alpha value is -1.55. The Morgan fingerprint density at radius 3 is 2.57 bits per heavy atom. The van der Waals surface area contributed by atoms with Gasteiger partial charge >= 0.3 is 0 Å². The highest BCUT2D eigenvalue weighted by Crippen LogP contribution is 2.20. The number of nitrogens with zero attached hydrogens (tertiary/aromatic N) is 1. The van der Waals surface area contributed by atoms with Gasteiger partial charge in [-0.3, -0.25) is 9.79 Å². The lowest BCUT2D eigenvalue weighted by Gasteiger charge is -2.15. The van der Waals surface area contributed by atoms with Gasteiger partial charge in [0.1, 0.15) is 12.4 Å². The van der Waals surface area contributed by atoms with Gasteiger partial charge in [0.25, 0.3) is 0 Å². The zero-order valence-electron chi connectivity index (χ0n) is 17.5. The Morgan fingerprint density at radius 1 is 1.11 bits per heavy atom. The van der Waals surface area contributed by atoms with Crippen LogP contribution in [0, 0.1) is 6.92 Å². The number of ether oxygens (including phenoxy) is 2. The molecule has 0 heterocycles. The van der Waals surface area contributed by atoms with Crippen molar-refractivity contribution >= 4 is 35.8 Å². The van der Waals surface area contributed by atoms with Crippen LogP contribution < -0.4 is 20.7 Å². The Labute approximate surface area is 186 Å². The maximum absolute atomic E-state index is 11.6. The van der Waals surface area contributed by atoms with E-state index in [1.165, 1.54) is 0 Å². The highest BCUT2D eigenvalue weighted by atomic mass is 127. The number of benzene rings is 1. The number of nitrogens with one attached hydrogen (secondary N) is 3. The zero-order valence-corrected chi connectivity index (χ0v) is 19.8. The second-order valence-corrected chi connectivity index (χ2v) is 6.11. The van der Waals surface area contributed by atoms with Crippen LogP contribution >= 0.6 is 24.0 Å². The normalized spacial score (nSPS) is 10.8. The molecule has 0 aliphatic rings. The second-order valence-electron chi connectivity index (χ2n) is 6.11. The molecule has 0 bridgehead atoms. The predicted octanol–water partition coefficient (Wildman–Crippen LogP) is 2.61. The summed E-state index contributed by atoms with van der Waals surface area (Å²) >= 11 is 0. The molecule has 0 saturated carbocycles. The van der Waals surface area contributed by atoms with E-state index in [0.29, 0.717) is 51.8 Å². The first-order valence-electron chi connectivity index (χ1n) is 9.62. The van der Waals surface area contributed by atoms with E-state index in [0.717, 1.165) is 23.3 Å². The molecule has 0 aliphatic carbocycles. The third kappa shape index (κ3) is 11.3. The number of aliphatic imine (C=N–C) groups is 1. The number of carbonyl (C=O) groups is 1. The Bertz CT molecular complexity index is 597. The molecule has 0 spiro atoms. The molecule has 3 N–H and O–H groups in total. The fourth-order valence-corrected chi connectivity index (χ4v) is 2.34. The summed E-state index contributed by atoms with van der Waals surface area (Å²) in [6.45, 7) is 9.63. The molecule has 1 amide bonds. The summed E-state index contributed by atoms with van der Waals surface area (Å²) in [4.78, 5) is 15.8. The minimum absolute atomic E-state index is 0. The number of rotatable bonds is 12. The molecule has 0 atom stereocenters. The maximum Gasteiger partial charge on any atom is 0.221 e. The van der Waals surface area contributed by atoms with Gasteiger partial charge in [-0.2, -0.15) is 0 Å². The first kappa shape index (κ1) is 26.4. The van der Waals surface area contributed by atoms with Gasteiger partial charge in [-0.15, -0.1) is 24.0 Å². The fourth-order valence-electron chi connectivity index (χ4n) is 2.34. The maximum atomic E-state index is 11.6. The number of hydrogen-bond donors (Lipinski definition) is 3. The lowest BCUT2D eigenvalue weighted by Crippen LogP contribution is -2.39. The molecule has 0 fully saturated rings. The molecule has 0 unspecified atom stereocenters. The molecule has 7 nitrogen and oxygen atoms in total. The number of amides is 1. The molecule has 0 aliphatic heterocycles. The Kier molecular flexibility index (Phi) is 15.5. The van der Waals surface area contributed by atoms with E-state index in [1.807, 2.05) is 32.9 Å². The SMILES string of the molecule is CCCNC(=O)CCNC(=NC)NCc1ccc(C)cc1OCCOCC.I. The van der Waals surface area contributed by atoms with Crippen molar-refractivity contribution in [2.75, 3.05) is 40.0 Å². The third-order valence-electron chi connectivity index (χ3n) is 3.80. The molecule has 1 rings (SSSR count). The standard InChI is InChI=1S/C20H34N4O3.HI/c1-5-10-22-19(25)9-11-23-20(21-4)24-15-17-8-7-16(3)14-18(17)27-13-12-26-6-2;/h7-8,14H,5-6,9-13,15H2,1-4H3,(H,22,25)(H2,21,23,24);1H. The van der Waals surface area contributed by atoms with Crippen molar-refractivity contribution in [1.29, 1.82) is 0 Å². The first-order valence-corrected chi connectivity index (χ1v) is 9.62. The van der Waals surface area contributed by atoms with Crippen LogP contribution in [0.25, 0.3) is 0 Å². The van der Waals surface area contributed by atoms with Crippen molar-refractivity contribution in [2.24, 2.45) is 4.99 Å². The van der Waals surface area contributed by atoms with E-state index in [1.54, 1.807) is 7.05 Å². The molecule has 1 aromatic carbocycles. The van der Waals surface area contributed by atoms with Gasteiger partial charge in [0.15, 0.2) is 5.96 Å². The van der Waals surface area contributed by atoms with E-state index in [-0.39, 0.29) is 29.9 Å². The average Bonchev–Trinajstić information content (AvgIpc) is 2.67. The molecule has 8 heteroatoms. The van der Waals surface area contributed by atoms with Crippen LogP contribution in [0.1, 0.15) is 37.8 Å². The summed E-state index contributed by atoms with van der Waals surface area (Å²) in [6.07, 6.45) is 1.35. The van der Waals surface area contributed by atoms with Gasteiger partial charge in [0.2, 0.25) is 5.91 Å². The number of hydrogen-bond acceptors (Lipinski definition) is 4. The lowest BCUT2D eigenvalue weighted by molar-refractivity contribution is -0.120. The lowest BCUT2D eigenvalue weighted by atomic mass is 10.1. The van der Waals surface area contributed by atoms with Gasteiger partial charge in [0, 0.05) is 45.3 Å². The minimum Gasteiger partial charge on any atom is -0.491 e. The van der Waals surface area contributed by atoms with Crippen LogP contribution in [0.5, 0.6) is 5.75 Å². The molecule has 0 radical (unpaired) electrons. The number of carbonyl (C=O) groups excluding carboxylic acids is 1. The van der Waals surface area contributed by atoms with Crippen LogP contribution in [-0.4, -0.2) is 51.8 Å². The third-order valence-corrected chi connectivity index (χ3v) is 3.80. The minimum atomic E-state index is 0. The van der Waals surface area contributed by atoms with Crippen molar-refractivity contribution in [3.63, 3.8) is 0 Å². The molecule has 0 saturated heterocycles. The van der Waals surface area contributed by atoms with Crippen molar-refractivity contribution in [3.05, 3.63) is 29.3 Å². The van der Waals surface area contributed by atoms with Crippen LogP contribution in [0.4, 0.5) is 0 Å². The number of aryl methyl sites for hydroxylation is 1. The predicted molar refractivity (Wildman–Crippen MR) is 125 cm³/mol. The number of guanidine groups is 1. The van der Waals surface area contributed by atoms with E-state index in [9.17, 15) is 4.79 Å². The number of halogens is 1. The van der Waals surface area contributed by atoms with E-state index in [2.05, 4.69) is 27.0 Å². The Morgan fingerprint density at radius 2 is 1.89 bits per heavy atom. The Balaban J connectivity index is 0.00000729. The quantitative estimate of drug-likeness (QED) is 0.176. The van der Waals surface area contributed by atoms with E-state index in [4.69, 9.17) is 9.47 Å². The van der Waals surface area contributed by atoms with Crippen LogP contribution in [0.2, 0.25) is 0 Å². The smallest absolute Gasteiger partial charge is 0.221 e. The summed E-state index contributed by atoms with van der Waals surface area (Å²) in [7, 11) is 1.71. The molecular weight excluding hydrogens is 471 g/mol. The average molecular weight is 506 g/mol. The van der Waals surface area contributed by atoms with Gasteiger partial charge in [-0.05, 0) is 31.9 Å². The van der Waals surface area contributed by atoms with Gasteiger partial charge in [0.05, 0.1) is 6.61 Å². The summed E-state index contributed by atoms with van der Waals surface area (Å²) < 4.78 is 11.2. The summed E-state index contributed by atoms with van der Waals surface area (Å²) in [5.74, 6) is 1.54. The monoisotopic (exact) mass is 506 g/mol. The molecule has 0 aromatic heterocycles. The van der Waals surface area contributed by atoms with Crippen molar-refractivity contribution in [3.8, 4) is 5.75 Å². The summed E-state index contributed by atoms with van der Waals surface area (Å²) in [5, 5.41) is 9.27. The van der Waals surface area contributed by atoms with Crippen molar-refractivity contribution < 1.29 is 14.3 Å². The van der Waals surface area contributed by atoms with E-state index < -0.39 is 0 Å². The topological polar surface area (TPSA) is 84.0 Å².